The summed E-state index contributed by atoms with van der Waals surface area (Å²) in [7, 11) is 0. The molecular formula is C12H12F3N3O. The fraction of sp³-hybridized carbons (Fsp3) is 0.417. The summed E-state index contributed by atoms with van der Waals surface area (Å²) < 4.78 is 43.5. The molecule has 0 spiro atoms. The standard InChI is InChI=1S/C12H12F3N3O/c13-12(14,15)11-7-10(2-1-9(11)8-16)17-18-3-5-19-6-4-18/h1-2,7,17H,3-6H2. The van der Waals surface area contributed by atoms with Crippen LogP contribution in [0.25, 0.3) is 0 Å². The fourth-order valence-corrected chi connectivity index (χ4v) is 1.80. The van der Waals surface area contributed by atoms with Crippen LogP contribution in [-0.4, -0.2) is 31.3 Å². The number of morpholine rings is 1. The Kier molecular flexibility index (Phi) is 3.93. The van der Waals surface area contributed by atoms with E-state index in [2.05, 4.69) is 5.43 Å². The topological polar surface area (TPSA) is 48.3 Å². The monoisotopic (exact) mass is 271 g/mol. The molecule has 0 atom stereocenters. The summed E-state index contributed by atoms with van der Waals surface area (Å²) in [5.74, 6) is 0. The first kappa shape index (κ1) is 13.6. The Balaban J connectivity index is 2.20. The van der Waals surface area contributed by atoms with Gasteiger partial charge in [-0.2, -0.15) is 18.4 Å². The quantitative estimate of drug-likeness (QED) is 0.896. The Morgan fingerprint density at radius 3 is 2.53 bits per heavy atom. The van der Waals surface area contributed by atoms with E-state index in [1.54, 1.807) is 11.1 Å². The van der Waals surface area contributed by atoms with E-state index >= 15 is 0 Å². The molecule has 0 amide bonds. The second kappa shape index (κ2) is 5.47. The normalized spacial score (nSPS) is 16.9. The third-order valence-electron chi connectivity index (χ3n) is 2.74. The molecule has 1 heterocycles. The maximum absolute atomic E-state index is 12.8. The average Bonchev–Trinajstić information content (AvgIpc) is 2.39. The summed E-state index contributed by atoms with van der Waals surface area (Å²) in [6.45, 7) is 2.27. The number of ether oxygens (including phenoxy) is 1. The van der Waals surface area contributed by atoms with E-state index in [9.17, 15) is 13.2 Å². The minimum Gasteiger partial charge on any atom is -0.379 e. The zero-order valence-electron chi connectivity index (χ0n) is 10.00. The summed E-state index contributed by atoms with van der Waals surface area (Å²) in [4.78, 5) is 0. The van der Waals surface area contributed by atoms with Gasteiger partial charge in [-0.25, -0.2) is 5.01 Å². The van der Waals surface area contributed by atoms with E-state index in [1.807, 2.05) is 0 Å². The predicted octanol–water partition coefficient (Wildman–Crippen LogP) is 2.24. The van der Waals surface area contributed by atoms with E-state index < -0.39 is 11.7 Å². The molecule has 1 saturated heterocycles. The molecular weight excluding hydrogens is 259 g/mol. The van der Waals surface area contributed by atoms with Crippen LogP contribution in [0.2, 0.25) is 0 Å². The van der Waals surface area contributed by atoms with Gasteiger partial charge < -0.3 is 10.2 Å². The molecule has 1 fully saturated rings. The Morgan fingerprint density at radius 2 is 1.95 bits per heavy atom. The lowest BCUT2D eigenvalue weighted by Gasteiger charge is -2.28. The van der Waals surface area contributed by atoms with Crippen molar-refractivity contribution in [3.63, 3.8) is 0 Å². The summed E-state index contributed by atoms with van der Waals surface area (Å²) in [5.41, 5.74) is 1.90. The first-order chi connectivity index (χ1) is 9.00. The van der Waals surface area contributed by atoms with Gasteiger partial charge in [0.1, 0.15) is 0 Å². The van der Waals surface area contributed by atoms with Gasteiger partial charge in [0, 0.05) is 18.8 Å². The molecule has 0 saturated carbocycles. The second-order valence-electron chi connectivity index (χ2n) is 4.08. The van der Waals surface area contributed by atoms with Gasteiger partial charge in [-0.1, -0.05) is 0 Å². The SMILES string of the molecule is N#Cc1ccc(NN2CCOCC2)cc1C(F)(F)F. The number of hydrogen-bond donors (Lipinski definition) is 1. The van der Waals surface area contributed by atoms with Gasteiger partial charge in [0.05, 0.1) is 30.4 Å². The molecule has 102 valence electrons. The number of rotatable bonds is 2. The van der Waals surface area contributed by atoms with Gasteiger partial charge in [0.15, 0.2) is 0 Å². The number of hydrogen-bond acceptors (Lipinski definition) is 4. The van der Waals surface area contributed by atoms with E-state index in [-0.39, 0.29) is 5.56 Å². The first-order valence-corrected chi connectivity index (χ1v) is 5.71. The van der Waals surface area contributed by atoms with E-state index in [0.717, 1.165) is 6.07 Å². The van der Waals surface area contributed by atoms with E-state index in [4.69, 9.17) is 10.00 Å². The molecule has 0 aliphatic carbocycles. The molecule has 0 radical (unpaired) electrons. The van der Waals surface area contributed by atoms with Crippen LogP contribution in [0.5, 0.6) is 0 Å². The highest BCUT2D eigenvalue weighted by molar-refractivity contribution is 5.52. The number of halogens is 3. The average molecular weight is 271 g/mol. The van der Waals surface area contributed by atoms with Gasteiger partial charge >= 0.3 is 6.18 Å². The van der Waals surface area contributed by atoms with Crippen molar-refractivity contribution < 1.29 is 17.9 Å². The minimum atomic E-state index is -4.53. The van der Waals surface area contributed by atoms with E-state index in [0.29, 0.717) is 32.0 Å². The molecule has 1 aliphatic heterocycles. The number of benzene rings is 1. The first-order valence-electron chi connectivity index (χ1n) is 5.71. The van der Waals surface area contributed by atoms with Crippen molar-refractivity contribution in [1.29, 1.82) is 5.26 Å². The van der Waals surface area contributed by atoms with Crippen LogP contribution >= 0.6 is 0 Å². The lowest BCUT2D eigenvalue weighted by molar-refractivity contribution is -0.137. The van der Waals surface area contributed by atoms with Crippen molar-refractivity contribution in [1.82, 2.24) is 5.01 Å². The van der Waals surface area contributed by atoms with Crippen molar-refractivity contribution in [2.45, 2.75) is 6.18 Å². The molecule has 0 bridgehead atoms. The maximum Gasteiger partial charge on any atom is 0.417 e. The summed E-state index contributed by atoms with van der Waals surface area (Å²) in [5, 5.41) is 10.5. The van der Waals surface area contributed by atoms with Crippen LogP contribution in [0.15, 0.2) is 18.2 Å². The van der Waals surface area contributed by atoms with E-state index in [1.165, 1.54) is 12.1 Å². The third-order valence-corrected chi connectivity index (χ3v) is 2.74. The van der Waals surface area contributed by atoms with Crippen LogP contribution in [0, 0.1) is 11.3 Å². The highest BCUT2D eigenvalue weighted by Gasteiger charge is 2.34. The van der Waals surface area contributed by atoms with Crippen LogP contribution in [0.3, 0.4) is 0 Å². The molecule has 0 unspecified atom stereocenters. The van der Waals surface area contributed by atoms with Crippen LogP contribution in [0.1, 0.15) is 11.1 Å². The molecule has 1 N–H and O–H groups in total. The van der Waals surface area contributed by atoms with Crippen molar-refractivity contribution in [3.05, 3.63) is 29.3 Å². The minimum absolute atomic E-state index is 0.313. The van der Waals surface area contributed by atoms with Crippen molar-refractivity contribution in [2.75, 3.05) is 31.7 Å². The number of hydrazine groups is 1. The highest BCUT2D eigenvalue weighted by atomic mass is 19.4. The smallest absolute Gasteiger partial charge is 0.379 e. The number of nitrogens with zero attached hydrogens (tertiary/aromatic N) is 2. The van der Waals surface area contributed by atoms with Crippen molar-refractivity contribution >= 4 is 5.69 Å². The zero-order valence-corrected chi connectivity index (χ0v) is 10.00. The lowest BCUT2D eigenvalue weighted by Crippen LogP contribution is -2.40. The molecule has 2 rings (SSSR count). The molecule has 0 aromatic heterocycles. The van der Waals surface area contributed by atoms with Gasteiger partial charge in [0.25, 0.3) is 0 Å². The third kappa shape index (κ3) is 3.36. The maximum atomic E-state index is 12.8. The van der Waals surface area contributed by atoms with Gasteiger partial charge in [-0.15, -0.1) is 0 Å². The lowest BCUT2D eigenvalue weighted by atomic mass is 10.1. The summed E-state index contributed by atoms with van der Waals surface area (Å²) >= 11 is 0. The molecule has 1 aromatic rings. The van der Waals surface area contributed by atoms with Crippen molar-refractivity contribution in [2.24, 2.45) is 0 Å². The van der Waals surface area contributed by atoms with Gasteiger partial charge in [-0.05, 0) is 18.2 Å². The fourth-order valence-electron chi connectivity index (χ4n) is 1.80. The van der Waals surface area contributed by atoms with Crippen LogP contribution in [-0.2, 0) is 10.9 Å². The predicted molar refractivity (Wildman–Crippen MR) is 62.2 cm³/mol. The van der Waals surface area contributed by atoms with Gasteiger partial charge in [0.2, 0.25) is 0 Å². The Hall–Kier alpha value is -1.78. The van der Waals surface area contributed by atoms with Gasteiger partial charge in [-0.3, -0.25) is 0 Å². The second-order valence-corrected chi connectivity index (χ2v) is 4.08. The Morgan fingerprint density at radius 1 is 1.26 bits per heavy atom. The van der Waals surface area contributed by atoms with Crippen LogP contribution in [0.4, 0.5) is 18.9 Å². The molecule has 4 nitrogen and oxygen atoms in total. The Labute approximate surface area is 108 Å². The molecule has 1 aliphatic rings. The number of nitrogens with one attached hydrogen (secondary N) is 1. The largest absolute Gasteiger partial charge is 0.417 e. The summed E-state index contributed by atoms with van der Waals surface area (Å²) in [6, 6.07) is 5.14. The zero-order chi connectivity index (χ0) is 13.9. The highest BCUT2D eigenvalue weighted by Crippen LogP contribution is 2.33. The molecule has 7 heteroatoms. The number of anilines is 1. The van der Waals surface area contributed by atoms with Crippen LogP contribution < -0.4 is 5.43 Å². The number of nitriles is 1. The molecule has 19 heavy (non-hydrogen) atoms. The van der Waals surface area contributed by atoms with Crippen molar-refractivity contribution in [3.8, 4) is 6.07 Å². The number of alkyl halides is 3. The Bertz CT molecular complexity index is 490. The molecule has 1 aromatic carbocycles. The summed E-state index contributed by atoms with van der Waals surface area (Å²) in [6.07, 6.45) is -4.53.